The van der Waals surface area contributed by atoms with E-state index < -0.39 is 0 Å². The Morgan fingerprint density at radius 2 is 2.07 bits per heavy atom. The van der Waals surface area contributed by atoms with Gasteiger partial charge in [-0.05, 0) is 57.4 Å². The van der Waals surface area contributed by atoms with Crippen LogP contribution in [0, 0.1) is 20.8 Å². The second-order valence-corrected chi connectivity index (χ2v) is 7.34. The summed E-state index contributed by atoms with van der Waals surface area (Å²) in [5.74, 6) is 0.211. The molecule has 1 aliphatic rings. The minimum atomic E-state index is -0.0524. The van der Waals surface area contributed by atoms with Crippen LogP contribution in [0.3, 0.4) is 0 Å². The summed E-state index contributed by atoms with van der Waals surface area (Å²) in [5, 5.41) is 15.8. The average molecular weight is 364 g/mol. The molecule has 0 radical (unpaired) electrons. The number of likely N-dealkylation sites (tertiary alicyclic amines) is 1. The van der Waals surface area contributed by atoms with Crippen LogP contribution in [0.25, 0.3) is 5.69 Å². The summed E-state index contributed by atoms with van der Waals surface area (Å²) < 4.78 is 1.73. The summed E-state index contributed by atoms with van der Waals surface area (Å²) in [6.07, 6.45) is 2.01. The predicted octanol–water partition coefficient (Wildman–Crippen LogP) is 2.94. The normalized spacial score (nSPS) is 17.3. The number of aromatic nitrogens is 5. The minimum Gasteiger partial charge on any atom is -0.337 e. The van der Waals surface area contributed by atoms with Crippen LogP contribution in [0.5, 0.6) is 0 Å². The van der Waals surface area contributed by atoms with E-state index in [1.165, 1.54) is 0 Å². The second-order valence-electron chi connectivity index (χ2n) is 7.34. The standard InChI is InChI=1S/C20H24N6O/c1-13-6-4-8-17(10-13)26-15(3)19(23-24-26)20(27)25-9-5-7-16(12-25)18-11-14(2)21-22-18/h4,6,8,10-11,16H,5,7,9,12H2,1-3H3,(H,21,22). The summed E-state index contributed by atoms with van der Waals surface area (Å²) in [5.41, 5.74) is 5.33. The van der Waals surface area contributed by atoms with Crippen LogP contribution >= 0.6 is 0 Å². The number of rotatable bonds is 3. The third-order valence-electron chi connectivity index (χ3n) is 5.20. The first-order valence-electron chi connectivity index (χ1n) is 9.33. The lowest BCUT2D eigenvalue weighted by molar-refractivity contribution is 0.0699. The molecule has 0 bridgehead atoms. The number of hydrogen-bond donors (Lipinski definition) is 1. The number of aromatic amines is 1. The molecule has 0 aliphatic carbocycles. The summed E-state index contributed by atoms with van der Waals surface area (Å²) in [6, 6.07) is 10.1. The molecular weight excluding hydrogens is 340 g/mol. The molecule has 1 unspecified atom stereocenters. The highest BCUT2D eigenvalue weighted by Gasteiger charge is 2.29. The van der Waals surface area contributed by atoms with Gasteiger partial charge in [-0.2, -0.15) is 5.10 Å². The fourth-order valence-corrected chi connectivity index (χ4v) is 3.73. The zero-order chi connectivity index (χ0) is 19.0. The predicted molar refractivity (Wildman–Crippen MR) is 102 cm³/mol. The van der Waals surface area contributed by atoms with Crippen LogP contribution in [0.2, 0.25) is 0 Å². The Labute approximate surface area is 158 Å². The number of nitrogens with zero attached hydrogens (tertiary/aromatic N) is 5. The smallest absolute Gasteiger partial charge is 0.276 e. The summed E-state index contributed by atoms with van der Waals surface area (Å²) in [4.78, 5) is 15.0. The lowest BCUT2D eigenvalue weighted by atomic mass is 9.94. The molecule has 0 spiro atoms. The Hall–Kier alpha value is -2.96. The van der Waals surface area contributed by atoms with Crippen LogP contribution in [-0.2, 0) is 0 Å². The molecule has 1 amide bonds. The molecule has 7 nitrogen and oxygen atoms in total. The van der Waals surface area contributed by atoms with Gasteiger partial charge < -0.3 is 4.90 Å². The van der Waals surface area contributed by atoms with Crippen molar-refractivity contribution in [2.75, 3.05) is 13.1 Å². The number of hydrogen-bond acceptors (Lipinski definition) is 4. The van der Waals surface area contributed by atoms with Gasteiger partial charge in [0, 0.05) is 24.7 Å². The quantitative estimate of drug-likeness (QED) is 0.775. The van der Waals surface area contributed by atoms with Crippen molar-refractivity contribution < 1.29 is 4.79 Å². The number of benzene rings is 1. The highest BCUT2D eigenvalue weighted by atomic mass is 16.2. The van der Waals surface area contributed by atoms with Crippen molar-refractivity contribution in [3.05, 3.63) is 58.7 Å². The zero-order valence-electron chi connectivity index (χ0n) is 15.9. The SMILES string of the molecule is Cc1cccc(-n2nnc(C(=O)N3CCCC(c4cc(C)[nH]n4)C3)c2C)c1. The van der Waals surface area contributed by atoms with Gasteiger partial charge in [-0.15, -0.1) is 5.10 Å². The molecule has 7 heteroatoms. The van der Waals surface area contributed by atoms with Crippen molar-refractivity contribution in [3.63, 3.8) is 0 Å². The molecule has 1 atom stereocenters. The van der Waals surface area contributed by atoms with Crippen LogP contribution in [0.15, 0.2) is 30.3 Å². The third kappa shape index (κ3) is 3.37. The number of aryl methyl sites for hydroxylation is 2. The van der Waals surface area contributed by atoms with E-state index in [9.17, 15) is 4.79 Å². The van der Waals surface area contributed by atoms with Crippen LogP contribution in [-0.4, -0.2) is 49.1 Å². The van der Waals surface area contributed by atoms with Gasteiger partial charge in [0.15, 0.2) is 5.69 Å². The maximum absolute atomic E-state index is 13.1. The van der Waals surface area contributed by atoms with Gasteiger partial charge in [-0.1, -0.05) is 17.3 Å². The van der Waals surface area contributed by atoms with Gasteiger partial charge in [0.05, 0.1) is 17.1 Å². The third-order valence-corrected chi connectivity index (χ3v) is 5.20. The lowest BCUT2D eigenvalue weighted by Gasteiger charge is -2.31. The van der Waals surface area contributed by atoms with Crippen molar-refractivity contribution >= 4 is 5.91 Å². The van der Waals surface area contributed by atoms with E-state index in [2.05, 4.69) is 26.6 Å². The largest absolute Gasteiger partial charge is 0.337 e. The Morgan fingerprint density at radius 1 is 1.22 bits per heavy atom. The number of nitrogens with one attached hydrogen (secondary N) is 1. The first-order chi connectivity index (χ1) is 13.0. The summed E-state index contributed by atoms with van der Waals surface area (Å²) in [6.45, 7) is 7.34. The van der Waals surface area contributed by atoms with Gasteiger partial charge >= 0.3 is 0 Å². The van der Waals surface area contributed by atoms with Crippen molar-refractivity contribution in [2.45, 2.75) is 39.5 Å². The molecule has 1 N–H and O–H groups in total. The van der Waals surface area contributed by atoms with Crippen LogP contribution in [0.1, 0.15) is 51.9 Å². The molecule has 140 valence electrons. The van der Waals surface area contributed by atoms with E-state index in [0.717, 1.165) is 47.7 Å². The first-order valence-corrected chi connectivity index (χ1v) is 9.33. The van der Waals surface area contributed by atoms with Gasteiger partial charge in [0.25, 0.3) is 5.91 Å². The molecule has 3 aromatic rings. The molecular formula is C20H24N6O. The molecule has 0 saturated carbocycles. The van der Waals surface area contributed by atoms with E-state index in [1.54, 1.807) is 4.68 Å². The van der Waals surface area contributed by atoms with Crippen molar-refractivity contribution in [3.8, 4) is 5.69 Å². The summed E-state index contributed by atoms with van der Waals surface area (Å²) >= 11 is 0. The number of carbonyl (C=O) groups excluding carboxylic acids is 1. The van der Waals surface area contributed by atoms with E-state index in [-0.39, 0.29) is 11.8 Å². The Bertz CT molecular complexity index is 973. The highest BCUT2D eigenvalue weighted by Crippen LogP contribution is 2.27. The van der Waals surface area contributed by atoms with Gasteiger partial charge in [-0.3, -0.25) is 9.89 Å². The maximum Gasteiger partial charge on any atom is 0.276 e. The van der Waals surface area contributed by atoms with E-state index in [4.69, 9.17) is 0 Å². The maximum atomic E-state index is 13.1. The van der Waals surface area contributed by atoms with E-state index in [0.29, 0.717) is 12.2 Å². The average Bonchev–Trinajstić information content (AvgIpc) is 3.27. The zero-order valence-corrected chi connectivity index (χ0v) is 15.9. The Morgan fingerprint density at radius 3 is 2.81 bits per heavy atom. The topological polar surface area (TPSA) is 79.7 Å². The number of carbonyl (C=O) groups is 1. The Balaban J connectivity index is 1.56. The monoisotopic (exact) mass is 364 g/mol. The van der Waals surface area contributed by atoms with Gasteiger partial charge in [-0.25, -0.2) is 4.68 Å². The fraction of sp³-hybridized carbons (Fsp3) is 0.400. The molecule has 1 saturated heterocycles. The number of amides is 1. The molecule has 1 aliphatic heterocycles. The molecule has 4 rings (SSSR count). The van der Waals surface area contributed by atoms with E-state index >= 15 is 0 Å². The lowest BCUT2D eigenvalue weighted by Crippen LogP contribution is -2.39. The van der Waals surface area contributed by atoms with Crippen molar-refractivity contribution in [2.24, 2.45) is 0 Å². The summed E-state index contributed by atoms with van der Waals surface area (Å²) in [7, 11) is 0. The molecule has 1 aromatic carbocycles. The van der Waals surface area contributed by atoms with Crippen LogP contribution < -0.4 is 0 Å². The Kier molecular flexibility index (Phi) is 4.51. The van der Waals surface area contributed by atoms with E-state index in [1.807, 2.05) is 49.9 Å². The first kappa shape index (κ1) is 17.5. The number of piperidine rings is 1. The van der Waals surface area contributed by atoms with Crippen molar-refractivity contribution in [1.82, 2.24) is 30.1 Å². The van der Waals surface area contributed by atoms with Crippen LogP contribution in [0.4, 0.5) is 0 Å². The molecule has 27 heavy (non-hydrogen) atoms. The van der Waals surface area contributed by atoms with Crippen molar-refractivity contribution in [1.29, 1.82) is 0 Å². The minimum absolute atomic E-state index is 0.0524. The number of H-pyrrole nitrogens is 1. The fourth-order valence-electron chi connectivity index (χ4n) is 3.73. The molecule has 2 aromatic heterocycles. The van der Waals surface area contributed by atoms with Gasteiger partial charge in [0.1, 0.15) is 0 Å². The molecule has 3 heterocycles. The molecule has 1 fully saturated rings. The highest BCUT2D eigenvalue weighted by molar-refractivity contribution is 5.93. The second kappa shape index (κ2) is 6.98. The van der Waals surface area contributed by atoms with Gasteiger partial charge in [0.2, 0.25) is 0 Å².